The molecule has 1 N–H and O–H groups in total. The van der Waals surface area contributed by atoms with Crippen LogP contribution in [0.4, 0.5) is 0 Å². The highest BCUT2D eigenvalue weighted by Crippen LogP contribution is 2.36. The van der Waals surface area contributed by atoms with E-state index in [2.05, 4.69) is 12.1 Å². The monoisotopic (exact) mass is 234 g/mol. The number of benzene rings is 1. The molecule has 0 unspecified atom stereocenters. The van der Waals surface area contributed by atoms with Crippen molar-refractivity contribution in [2.24, 2.45) is 0 Å². The minimum absolute atomic E-state index is 0.128. The third-order valence-electron chi connectivity index (χ3n) is 3.55. The molecule has 1 aliphatic carbocycles. The number of epoxide rings is 1. The SMILES string of the molecule is O[C@H]1C[C@@H](OCc2ccccc2)C[C@H]2O[C@H]2C1. The maximum absolute atomic E-state index is 9.79. The first-order valence-corrected chi connectivity index (χ1v) is 6.30. The molecule has 1 saturated carbocycles. The van der Waals surface area contributed by atoms with Crippen molar-refractivity contribution in [3.8, 4) is 0 Å². The molecule has 1 aliphatic heterocycles. The van der Waals surface area contributed by atoms with Gasteiger partial charge in [0.2, 0.25) is 0 Å². The van der Waals surface area contributed by atoms with Crippen molar-refractivity contribution in [1.82, 2.24) is 0 Å². The predicted octanol–water partition coefficient (Wildman–Crippen LogP) is 1.88. The molecule has 1 aromatic rings. The number of aliphatic hydroxyl groups is 1. The van der Waals surface area contributed by atoms with Crippen LogP contribution in [0.2, 0.25) is 0 Å². The maximum Gasteiger partial charge on any atom is 0.0867 e. The van der Waals surface area contributed by atoms with Crippen LogP contribution in [0, 0.1) is 0 Å². The number of aliphatic hydroxyl groups excluding tert-OH is 1. The Morgan fingerprint density at radius 1 is 1.12 bits per heavy atom. The molecule has 3 rings (SSSR count). The third-order valence-corrected chi connectivity index (χ3v) is 3.55. The van der Waals surface area contributed by atoms with Crippen molar-refractivity contribution in [1.29, 1.82) is 0 Å². The molecular formula is C14H18O3. The molecule has 1 heterocycles. The average Bonchev–Trinajstić information content (AvgIpc) is 3.05. The molecule has 92 valence electrons. The Balaban J connectivity index is 1.54. The van der Waals surface area contributed by atoms with E-state index in [9.17, 15) is 5.11 Å². The van der Waals surface area contributed by atoms with Gasteiger partial charge in [0.15, 0.2) is 0 Å². The van der Waals surface area contributed by atoms with Crippen molar-refractivity contribution in [3.05, 3.63) is 35.9 Å². The summed E-state index contributed by atoms with van der Waals surface area (Å²) in [7, 11) is 0. The van der Waals surface area contributed by atoms with E-state index in [1.165, 1.54) is 5.56 Å². The van der Waals surface area contributed by atoms with Crippen molar-refractivity contribution in [2.75, 3.05) is 0 Å². The Hall–Kier alpha value is -0.900. The van der Waals surface area contributed by atoms with E-state index in [0.29, 0.717) is 12.7 Å². The summed E-state index contributed by atoms with van der Waals surface area (Å²) in [4.78, 5) is 0. The van der Waals surface area contributed by atoms with Gasteiger partial charge in [-0.25, -0.2) is 0 Å². The quantitative estimate of drug-likeness (QED) is 0.812. The molecule has 0 spiro atoms. The zero-order valence-electron chi connectivity index (χ0n) is 9.79. The molecule has 2 fully saturated rings. The lowest BCUT2D eigenvalue weighted by molar-refractivity contribution is -0.00575. The summed E-state index contributed by atoms with van der Waals surface area (Å²) in [6, 6.07) is 10.1. The fourth-order valence-electron chi connectivity index (χ4n) is 2.54. The lowest BCUT2D eigenvalue weighted by Crippen LogP contribution is -2.20. The number of hydrogen-bond acceptors (Lipinski definition) is 3. The van der Waals surface area contributed by atoms with E-state index in [1.54, 1.807) is 0 Å². The zero-order valence-corrected chi connectivity index (χ0v) is 9.79. The standard InChI is InChI=1S/C14H18O3/c15-11-6-12(8-14-13(7-11)17-14)16-9-10-4-2-1-3-5-10/h1-5,11-15H,6-9H2/t11-,12+,13-,14+/m0/s1. The van der Waals surface area contributed by atoms with Gasteiger partial charge in [0.25, 0.3) is 0 Å². The van der Waals surface area contributed by atoms with E-state index in [0.717, 1.165) is 19.3 Å². The van der Waals surface area contributed by atoms with Gasteiger partial charge in [-0.1, -0.05) is 30.3 Å². The lowest BCUT2D eigenvalue weighted by Gasteiger charge is -2.18. The van der Waals surface area contributed by atoms with E-state index in [1.807, 2.05) is 18.2 Å². The summed E-state index contributed by atoms with van der Waals surface area (Å²) in [5.74, 6) is 0. The van der Waals surface area contributed by atoms with Gasteiger partial charge in [-0.3, -0.25) is 0 Å². The normalized spacial score (nSPS) is 36.1. The van der Waals surface area contributed by atoms with Gasteiger partial charge >= 0.3 is 0 Å². The lowest BCUT2D eigenvalue weighted by atomic mass is 10.1. The summed E-state index contributed by atoms with van der Waals surface area (Å²) in [6.07, 6.45) is 2.91. The number of rotatable bonds is 3. The van der Waals surface area contributed by atoms with E-state index >= 15 is 0 Å². The molecule has 3 nitrogen and oxygen atoms in total. The molecule has 0 aromatic heterocycles. The van der Waals surface area contributed by atoms with Crippen LogP contribution in [0.15, 0.2) is 30.3 Å². The second-order valence-electron chi connectivity index (χ2n) is 4.99. The minimum atomic E-state index is -0.270. The van der Waals surface area contributed by atoms with Crippen molar-refractivity contribution in [3.63, 3.8) is 0 Å². The molecule has 1 saturated heterocycles. The summed E-state index contributed by atoms with van der Waals surface area (Å²) in [5, 5.41) is 9.79. The molecular weight excluding hydrogens is 216 g/mol. The van der Waals surface area contributed by atoms with Crippen LogP contribution in [0.5, 0.6) is 0 Å². The largest absolute Gasteiger partial charge is 0.393 e. The van der Waals surface area contributed by atoms with Gasteiger partial charge in [0, 0.05) is 12.8 Å². The second kappa shape index (κ2) is 4.77. The summed E-state index contributed by atoms with van der Waals surface area (Å²) in [6.45, 7) is 0.621. The molecule has 17 heavy (non-hydrogen) atoms. The van der Waals surface area contributed by atoms with Crippen molar-refractivity contribution < 1.29 is 14.6 Å². The average molecular weight is 234 g/mol. The van der Waals surface area contributed by atoms with E-state index < -0.39 is 0 Å². The van der Waals surface area contributed by atoms with Gasteiger partial charge in [0.1, 0.15) is 0 Å². The molecule has 0 radical (unpaired) electrons. The Kier molecular flexibility index (Phi) is 3.14. The number of ether oxygens (including phenoxy) is 2. The first kappa shape index (κ1) is 11.2. The maximum atomic E-state index is 9.79. The van der Waals surface area contributed by atoms with Gasteiger partial charge in [-0.2, -0.15) is 0 Å². The van der Waals surface area contributed by atoms with Gasteiger partial charge < -0.3 is 14.6 Å². The summed E-state index contributed by atoms with van der Waals surface area (Å²) in [5.41, 5.74) is 1.18. The molecule has 0 bridgehead atoms. The van der Waals surface area contributed by atoms with Crippen LogP contribution in [0.1, 0.15) is 24.8 Å². The van der Waals surface area contributed by atoms with Crippen LogP contribution in [0.25, 0.3) is 0 Å². The smallest absolute Gasteiger partial charge is 0.0867 e. The predicted molar refractivity (Wildman–Crippen MR) is 63.5 cm³/mol. The summed E-state index contributed by atoms with van der Waals surface area (Å²) >= 11 is 0. The topological polar surface area (TPSA) is 42.0 Å². The van der Waals surface area contributed by atoms with Crippen molar-refractivity contribution in [2.45, 2.75) is 50.3 Å². The summed E-state index contributed by atoms with van der Waals surface area (Å²) < 4.78 is 11.3. The zero-order chi connectivity index (χ0) is 11.7. The van der Waals surface area contributed by atoms with Crippen molar-refractivity contribution >= 4 is 0 Å². The molecule has 3 heteroatoms. The fraction of sp³-hybridized carbons (Fsp3) is 0.571. The highest BCUT2D eigenvalue weighted by atomic mass is 16.6. The third kappa shape index (κ3) is 2.86. The second-order valence-corrected chi connectivity index (χ2v) is 4.99. The fourth-order valence-corrected chi connectivity index (χ4v) is 2.54. The molecule has 0 amide bonds. The van der Waals surface area contributed by atoms with Crippen LogP contribution in [0.3, 0.4) is 0 Å². The minimum Gasteiger partial charge on any atom is -0.393 e. The number of fused-ring (bicyclic) bond motifs is 1. The van der Waals surface area contributed by atoms with Crippen LogP contribution < -0.4 is 0 Å². The Labute approximate surface area is 101 Å². The number of hydrogen-bond donors (Lipinski definition) is 1. The van der Waals surface area contributed by atoms with Gasteiger partial charge in [0.05, 0.1) is 31.0 Å². The first-order chi connectivity index (χ1) is 8.31. The highest BCUT2D eigenvalue weighted by Gasteiger charge is 2.44. The van der Waals surface area contributed by atoms with Crippen LogP contribution in [-0.4, -0.2) is 29.5 Å². The van der Waals surface area contributed by atoms with Gasteiger partial charge in [-0.05, 0) is 12.0 Å². The highest BCUT2D eigenvalue weighted by molar-refractivity contribution is 5.13. The molecule has 4 atom stereocenters. The Morgan fingerprint density at radius 3 is 2.71 bits per heavy atom. The van der Waals surface area contributed by atoms with Crippen LogP contribution in [-0.2, 0) is 16.1 Å². The Morgan fingerprint density at radius 2 is 1.88 bits per heavy atom. The molecule has 2 aliphatic rings. The first-order valence-electron chi connectivity index (χ1n) is 6.30. The van der Waals surface area contributed by atoms with Gasteiger partial charge in [-0.15, -0.1) is 0 Å². The van der Waals surface area contributed by atoms with E-state index in [-0.39, 0.29) is 18.3 Å². The van der Waals surface area contributed by atoms with E-state index in [4.69, 9.17) is 9.47 Å². The molecule has 1 aromatic carbocycles. The van der Waals surface area contributed by atoms with Crippen LogP contribution >= 0.6 is 0 Å². The Bertz CT molecular complexity index is 363.